The fourth-order valence-electron chi connectivity index (χ4n) is 5.83. The highest BCUT2D eigenvalue weighted by molar-refractivity contribution is 5.71. The van der Waals surface area contributed by atoms with E-state index < -0.39 is 23.1 Å². The van der Waals surface area contributed by atoms with Crippen LogP contribution in [0.15, 0.2) is 74.7 Å². The van der Waals surface area contributed by atoms with Crippen LogP contribution in [0.3, 0.4) is 0 Å². The Labute approximate surface area is 232 Å². The van der Waals surface area contributed by atoms with E-state index in [9.17, 15) is 19.5 Å². The second kappa shape index (κ2) is 11.6. The first-order chi connectivity index (χ1) is 19.2. The standard InChI is InChI=1S/C31H34N2O7/c1-19(2)18-39-23-9-7-21(8-10-23)25(13-29(36)38-3)31-30(37)27(34)12-24(40-31)17-32-14-20-11-22(16-32)26-5-4-6-28(35)33(26)15-20/h4-10,12,20,22,25,37H,1,11,13-18H2,2-3H3/t20-,22+,25+/m0/s1. The lowest BCUT2D eigenvalue weighted by molar-refractivity contribution is -0.140. The minimum absolute atomic E-state index is 0.0256. The molecule has 2 bridgehead atoms. The summed E-state index contributed by atoms with van der Waals surface area (Å²) >= 11 is 0. The highest BCUT2D eigenvalue weighted by Gasteiger charge is 2.35. The maximum atomic E-state index is 12.9. The summed E-state index contributed by atoms with van der Waals surface area (Å²) in [6, 6.07) is 13.8. The molecule has 9 nitrogen and oxygen atoms in total. The van der Waals surface area contributed by atoms with E-state index in [2.05, 4.69) is 11.5 Å². The van der Waals surface area contributed by atoms with E-state index in [-0.39, 0.29) is 23.7 Å². The maximum absolute atomic E-state index is 12.9. The van der Waals surface area contributed by atoms with E-state index in [4.69, 9.17) is 13.9 Å². The molecular formula is C31H34N2O7. The van der Waals surface area contributed by atoms with Gasteiger partial charge in [0.2, 0.25) is 11.2 Å². The quantitative estimate of drug-likeness (QED) is 0.319. The molecule has 0 amide bonds. The van der Waals surface area contributed by atoms with Crippen molar-refractivity contribution < 1.29 is 23.8 Å². The van der Waals surface area contributed by atoms with E-state index >= 15 is 0 Å². The molecule has 1 aromatic carbocycles. The van der Waals surface area contributed by atoms with Gasteiger partial charge in [0.15, 0.2) is 5.76 Å². The number of aromatic hydroxyl groups is 1. The van der Waals surface area contributed by atoms with E-state index in [0.717, 1.165) is 30.8 Å². The van der Waals surface area contributed by atoms with Gasteiger partial charge in [-0.2, -0.15) is 0 Å². The van der Waals surface area contributed by atoms with Crippen molar-refractivity contribution in [1.82, 2.24) is 9.47 Å². The summed E-state index contributed by atoms with van der Waals surface area (Å²) < 4.78 is 18.6. The van der Waals surface area contributed by atoms with Crippen LogP contribution in [0, 0.1) is 5.92 Å². The summed E-state index contributed by atoms with van der Waals surface area (Å²) in [5.41, 5.74) is 2.04. The Bertz CT molecular complexity index is 1520. The molecule has 2 aromatic heterocycles. The normalized spacial score (nSPS) is 18.9. The number of aromatic nitrogens is 1. The lowest BCUT2D eigenvalue weighted by Gasteiger charge is -2.42. The van der Waals surface area contributed by atoms with Crippen molar-refractivity contribution in [1.29, 1.82) is 0 Å². The average Bonchev–Trinajstić information content (AvgIpc) is 2.93. The number of fused-ring (bicyclic) bond motifs is 4. The Morgan fingerprint density at radius 3 is 2.65 bits per heavy atom. The van der Waals surface area contributed by atoms with Crippen LogP contribution in [0.4, 0.5) is 0 Å². The summed E-state index contributed by atoms with van der Waals surface area (Å²) in [6.07, 6.45) is 0.889. The molecule has 40 heavy (non-hydrogen) atoms. The van der Waals surface area contributed by atoms with Gasteiger partial charge in [-0.25, -0.2) is 0 Å². The number of ether oxygens (including phenoxy) is 2. The number of benzene rings is 1. The third-order valence-electron chi connectivity index (χ3n) is 7.62. The molecule has 0 unspecified atom stereocenters. The van der Waals surface area contributed by atoms with Crippen LogP contribution in [0.2, 0.25) is 0 Å². The second-order valence-corrected chi connectivity index (χ2v) is 10.8. The molecule has 0 radical (unpaired) electrons. The van der Waals surface area contributed by atoms with Crippen molar-refractivity contribution in [3.05, 3.63) is 104 Å². The first-order valence-electron chi connectivity index (χ1n) is 13.4. The molecule has 1 N–H and O–H groups in total. The molecule has 3 atom stereocenters. The number of hydrogen-bond donors (Lipinski definition) is 1. The predicted molar refractivity (Wildman–Crippen MR) is 149 cm³/mol. The van der Waals surface area contributed by atoms with Gasteiger partial charge in [-0.15, -0.1) is 0 Å². The van der Waals surface area contributed by atoms with E-state index in [1.54, 1.807) is 36.4 Å². The number of rotatable bonds is 9. The van der Waals surface area contributed by atoms with Crippen molar-refractivity contribution >= 4 is 5.97 Å². The molecule has 1 saturated heterocycles. The SMILES string of the molecule is C=C(C)COc1ccc([C@@H](CC(=O)OC)c2oc(CN3C[C@@H]4C[C@H](C3)c3cccc(=O)n3C4)cc(=O)c2O)cc1. The lowest BCUT2D eigenvalue weighted by Crippen LogP contribution is -2.46. The molecule has 5 rings (SSSR count). The van der Waals surface area contributed by atoms with E-state index in [0.29, 0.717) is 42.7 Å². The number of nitrogens with zero attached hydrogens (tertiary/aromatic N) is 2. The Balaban J connectivity index is 1.41. The number of carbonyl (C=O) groups excluding carboxylic acids is 1. The van der Waals surface area contributed by atoms with Gasteiger partial charge in [-0.05, 0) is 48.6 Å². The number of methoxy groups -OCH3 is 1. The largest absolute Gasteiger partial charge is 0.502 e. The van der Waals surface area contributed by atoms with Gasteiger partial charge in [-0.1, -0.05) is 24.8 Å². The highest BCUT2D eigenvalue weighted by Crippen LogP contribution is 2.37. The fraction of sp³-hybridized carbons (Fsp3) is 0.387. The monoisotopic (exact) mass is 546 g/mol. The van der Waals surface area contributed by atoms with Crippen molar-refractivity contribution in [2.24, 2.45) is 5.92 Å². The number of pyridine rings is 1. The zero-order chi connectivity index (χ0) is 28.4. The molecule has 4 heterocycles. The van der Waals surface area contributed by atoms with Gasteiger partial charge in [0, 0.05) is 43.4 Å². The number of esters is 1. The van der Waals surface area contributed by atoms with Gasteiger partial charge < -0.3 is 23.6 Å². The molecule has 2 aliphatic heterocycles. The molecule has 0 saturated carbocycles. The van der Waals surface area contributed by atoms with Crippen LogP contribution < -0.4 is 15.7 Å². The van der Waals surface area contributed by atoms with Crippen LogP contribution >= 0.6 is 0 Å². The van der Waals surface area contributed by atoms with Crippen molar-refractivity contribution in [2.45, 2.75) is 44.7 Å². The third kappa shape index (κ3) is 5.89. The Hall–Kier alpha value is -4.11. The maximum Gasteiger partial charge on any atom is 0.306 e. The van der Waals surface area contributed by atoms with E-state index in [1.165, 1.54) is 13.2 Å². The van der Waals surface area contributed by atoms with Crippen molar-refractivity contribution in [3.63, 3.8) is 0 Å². The second-order valence-electron chi connectivity index (χ2n) is 10.8. The predicted octanol–water partition coefficient (Wildman–Crippen LogP) is 3.78. The van der Waals surface area contributed by atoms with Gasteiger partial charge >= 0.3 is 5.97 Å². The van der Waals surface area contributed by atoms with Gasteiger partial charge in [0.1, 0.15) is 18.1 Å². The molecule has 210 valence electrons. The van der Waals surface area contributed by atoms with Crippen LogP contribution in [0.5, 0.6) is 11.5 Å². The van der Waals surface area contributed by atoms with Gasteiger partial charge in [0.05, 0.1) is 26.0 Å². The lowest BCUT2D eigenvalue weighted by atomic mass is 9.83. The van der Waals surface area contributed by atoms with Crippen molar-refractivity contribution in [3.8, 4) is 11.5 Å². The van der Waals surface area contributed by atoms with Gasteiger partial charge in [-0.3, -0.25) is 19.3 Å². The summed E-state index contributed by atoms with van der Waals surface area (Å²) in [5, 5.41) is 10.8. The highest BCUT2D eigenvalue weighted by atomic mass is 16.5. The smallest absolute Gasteiger partial charge is 0.306 e. The number of piperidine rings is 1. The molecule has 2 aliphatic rings. The number of likely N-dealkylation sites (tertiary alicyclic amines) is 1. The fourth-order valence-corrected chi connectivity index (χ4v) is 5.83. The molecule has 1 fully saturated rings. The number of carbonyl (C=O) groups is 1. The topological polar surface area (TPSA) is 111 Å². The summed E-state index contributed by atoms with van der Waals surface area (Å²) in [7, 11) is 1.29. The third-order valence-corrected chi connectivity index (χ3v) is 7.62. The average molecular weight is 547 g/mol. The summed E-state index contributed by atoms with van der Waals surface area (Å²) in [4.78, 5) is 39.8. The van der Waals surface area contributed by atoms with E-state index in [1.807, 2.05) is 17.6 Å². The molecule has 9 heteroatoms. The number of hydrogen-bond acceptors (Lipinski definition) is 8. The van der Waals surface area contributed by atoms with Crippen LogP contribution in [0.25, 0.3) is 0 Å². The summed E-state index contributed by atoms with van der Waals surface area (Å²) in [5.74, 6) is -0.189. The van der Waals surface area contributed by atoms with Crippen molar-refractivity contribution in [2.75, 3.05) is 26.8 Å². The first kappa shape index (κ1) is 27.5. The minimum Gasteiger partial charge on any atom is -0.502 e. The zero-order valence-corrected chi connectivity index (χ0v) is 22.8. The molecular weight excluding hydrogens is 512 g/mol. The first-order valence-corrected chi connectivity index (χ1v) is 13.4. The summed E-state index contributed by atoms with van der Waals surface area (Å²) in [6.45, 7) is 8.59. The Morgan fingerprint density at radius 1 is 1.15 bits per heavy atom. The molecule has 3 aromatic rings. The Kier molecular flexibility index (Phi) is 7.93. The van der Waals surface area contributed by atoms with Crippen LogP contribution in [0.1, 0.15) is 54.4 Å². The Morgan fingerprint density at radius 2 is 1.93 bits per heavy atom. The van der Waals surface area contributed by atoms with Crippen LogP contribution in [-0.2, 0) is 22.6 Å². The molecule has 0 spiro atoms. The van der Waals surface area contributed by atoms with Crippen LogP contribution in [-0.4, -0.2) is 47.3 Å². The molecule has 0 aliphatic carbocycles. The minimum atomic E-state index is -0.741. The van der Waals surface area contributed by atoms with Gasteiger partial charge in [0.25, 0.3) is 5.56 Å². The zero-order valence-electron chi connectivity index (χ0n) is 22.8.